The molecule has 7 heteroatoms. The molecule has 0 saturated carbocycles. The quantitative estimate of drug-likeness (QED) is 0.754. The number of nitrogens with one attached hydrogen (secondary N) is 1. The molecule has 2 heterocycles. The van der Waals surface area contributed by atoms with E-state index in [9.17, 15) is 8.42 Å². The molecule has 0 radical (unpaired) electrons. The number of fused-ring (bicyclic) bond motifs is 1. The van der Waals surface area contributed by atoms with Crippen LogP contribution >= 0.6 is 0 Å². The molecule has 140 valence electrons. The van der Waals surface area contributed by atoms with Gasteiger partial charge in [0.05, 0.1) is 34.8 Å². The number of imidazole rings is 1. The number of sulfonamides is 1. The van der Waals surface area contributed by atoms with Gasteiger partial charge >= 0.3 is 0 Å². The summed E-state index contributed by atoms with van der Waals surface area (Å²) in [5.41, 5.74) is 4.90. The van der Waals surface area contributed by atoms with E-state index in [2.05, 4.69) is 10.3 Å². The number of para-hydroxylation sites is 1. The van der Waals surface area contributed by atoms with Crippen molar-refractivity contribution in [2.24, 2.45) is 0 Å². The maximum Gasteiger partial charge on any atom is 0.264 e. The second-order valence-corrected chi connectivity index (χ2v) is 8.68. The van der Waals surface area contributed by atoms with Crippen LogP contribution in [0, 0.1) is 20.8 Å². The first-order chi connectivity index (χ1) is 12.9. The highest BCUT2D eigenvalue weighted by atomic mass is 32.2. The fraction of sp³-hybridized carbons (Fsp3) is 0.250. The Balaban J connectivity index is 1.84. The Kier molecular flexibility index (Phi) is 4.19. The number of nitrogens with zero attached hydrogens (tertiary/aromatic N) is 3. The molecule has 0 unspecified atom stereocenters. The average molecular weight is 382 g/mol. The van der Waals surface area contributed by atoms with Crippen LogP contribution in [-0.4, -0.2) is 31.1 Å². The standard InChI is InChI=1S/C20H22N4O2S/c1-14-7-8-17(23-12-16(3)22-13-23)11-19(14)27(25,26)24-10-9-21-18-6-4-5-15(2)20(18)24/h4-8,11-13,21H,9-10H2,1-3H3. The summed E-state index contributed by atoms with van der Waals surface area (Å²) in [6, 6.07) is 11.3. The van der Waals surface area contributed by atoms with E-state index >= 15 is 0 Å². The minimum absolute atomic E-state index is 0.322. The summed E-state index contributed by atoms with van der Waals surface area (Å²) in [6.45, 7) is 6.65. The van der Waals surface area contributed by atoms with Crippen LogP contribution in [0.2, 0.25) is 0 Å². The van der Waals surface area contributed by atoms with Gasteiger partial charge in [-0.1, -0.05) is 18.2 Å². The molecule has 2 aromatic carbocycles. The van der Waals surface area contributed by atoms with E-state index in [1.165, 1.54) is 4.31 Å². The Bertz CT molecular complexity index is 1120. The van der Waals surface area contributed by atoms with Gasteiger partial charge < -0.3 is 9.88 Å². The highest BCUT2D eigenvalue weighted by Crippen LogP contribution is 2.37. The summed E-state index contributed by atoms with van der Waals surface area (Å²) in [6.07, 6.45) is 3.58. The zero-order valence-electron chi connectivity index (χ0n) is 15.6. The van der Waals surface area contributed by atoms with Crippen molar-refractivity contribution in [1.82, 2.24) is 9.55 Å². The predicted molar refractivity (Wildman–Crippen MR) is 107 cm³/mol. The summed E-state index contributed by atoms with van der Waals surface area (Å²) in [5, 5.41) is 3.29. The summed E-state index contributed by atoms with van der Waals surface area (Å²) in [4.78, 5) is 4.56. The minimum Gasteiger partial charge on any atom is -0.382 e. The van der Waals surface area contributed by atoms with Gasteiger partial charge in [-0.05, 0) is 50.1 Å². The maximum atomic E-state index is 13.6. The highest BCUT2D eigenvalue weighted by molar-refractivity contribution is 7.93. The summed E-state index contributed by atoms with van der Waals surface area (Å²) in [5.74, 6) is 0. The van der Waals surface area contributed by atoms with Crippen LogP contribution in [0.15, 0.2) is 53.8 Å². The highest BCUT2D eigenvalue weighted by Gasteiger charge is 2.31. The van der Waals surface area contributed by atoms with E-state index in [1.807, 2.05) is 61.9 Å². The van der Waals surface area contributed by atoms with E-state index in [0.717, 1.165) is 33.9 Å². The smallest absolute Gasteiger partial charge is 0.264 e. The average Bonchev–Trinajstić information content (AvgIpc) is 3.08. The Morgan fingerprint density at radius 2 is 1.89 bits per heavy atom. The van der Waals surface area contributed by atoms with Gasteiger partial charge in [-0.15, -0.1) is 0 Å². The molecular formula is C20H22N4O2S. The van der Waals surface area contributed by atoms with E-state index in [0.29, 0.717) is 18.0 Å². The van der Waals surface area contributed by atoms with Gasteiger partial charge in [-0.25, -0.2) is 13.4 Å². The lowest BCUT2D eigenvalue weighted by Crippen LogP contribution is -2.39. The molecular weight excluding hydrogens is 360 g/mol. The zero-order valence-corrected chi connectivity index (χ0v) is 16.4. The lowest BCUT2D eigenvalue weighted by atomic mass is 10.1. The number of hydrogen-bond donors (Lipinski definition) is 1. The summed E-state index contributed by atoms with van der Waals surface area (Å²) < 4.78 is 30.5. The van der Waals surface area contributed by atoms with Crippen molar-refractivity contribution in [3.63, 3.8) is 0 Å². The van der Waals surface area contributed by atoms with Crippen LogP contribution in [0.3, 0.4) is 0 Å². The molecule has 1 N–H and O–H groups in total. The van der Waals surface area contributed by atoms with Crippen molar-refractivity contribution in [2.45, 2.75) is 25.7 Å². The van der Waals surface area contributed by atoms with Gasteiger partial charge in [0.1, 0.15) is 0 Å². The van der Waals surface area contributed by atoms with Gasteiger partial charge in [0, 0.05) is 18.4 Å². The first-order valence-corrected chi connectivity index (χ1v) is 10.3. The summed E-state index contributed by atoms with van der Waals surface area (Å²) >= 11 is 0. The van der Waals surface area contributed by atoms with Crippen LogP contribution in [-0.2, 0) is 10.0 Å². The maximum absolute atomic E-state index is 13.6. The molecule has 0 bridgehead atoms. The molecule has 4 rings (SSSR count). The Morgan fingerprint density at radius 3 is 2.63 bits per heavy atom. The number of hydrogen-bond acceptors (Lipinski definition) is 4. The molecule has 3 aromatic rings. The minimum atomic E-state index is -3.69. The largest absolute Gasteiger partial charge is 0.382 e. The van der Waals surface area contributed by atoms with Crippen molar-refractivity contribution in [3.8, 4) is 5.69 Å². The van der Waals surface area contributed by atoms with Crippen molar-refractivity contribution < 1.29 is 8.42 Å². The molecule has 27 heavy (non-hydrogen) atoms. The van der Waals surface area contributed by atoms with Crippen molar-refractivity contribution in [2.75, 3.05) is 22.7 Å². The van der Waals surface area contributed by atoms with Crippen LogP contribution < -0.4 is 9.62 Å². The normalized spacial score (nSPS) is 14.0. The molecule has 0 saturated heterocycles. The molecule has 1 aromatic heterocycles. The second kappa shape index (κ2) is 6.42. The Hall–Kier alpha value is -2.80. The molecule has 0 aliphatic carbocycles. The number of aromatic nitrogens is 2. The zero-order chi connectivity index (χ0) is 19.2. The van der Waals surface area contributed by atoms with Gasteiger partial charge in [-0.2, -0.15) is 0 Å². The molecule has 0 fully saturated rings. The number of benzene rings is 2. The number of anilines is 2. The van der Waals surface area contributed by atoms with Gasteiger partial charge in [0.15, 0.2) is 0 Å². The Labute approximate surface area is 159 Å². The first-order valence-electron chi connectivity index (χ1n) is 8.86. The summed E-state index contributed by atoms with van der Waals surface area (Å²) in [7, 11) is -3.69. The monoisotopic (exact) mass is 382 g/mol. The number of aryl methyl sites for hydroxylation is 3. The van der Waals surface area contributed by atoms with Crippen LogP contribution in [0.5, 0.6) is 0 Å². The van der Waals surface area contributed by atoms with Crippen LogP contribution in [0.1, 0.15) is 16.8 Å². The van der Waals surface area contributed by atoms with Gasteiger partial charge in [-0.3, -0.25) is 4.31 Å². The molecule has 0 spiro atoms. The third-order valence-electron chi connectivity index (χ3n) is 4.87. The molecule has 1 aliphatic heterocycles. The Morgan fingerprint density at radius 1 is 1.07 bits per heavy atom. The topological polar surface area (TPSA) is 67.2 Å². The van der Waals surface area contributed by atoms with E-state index in [-0.39, 0.29) is 0 Å². The molecule has 0 atom stereocenters. The number of rotatable bonds is 3. The first kappa shape index (κ1) is 17.6. The van der Waals surface area contributed by atoms with E-state index in [4.69, 9.17) is 0 Å². The lowest BCUT2D eigenvalue weighted by Gasteiger charge is -2.33. The van der Waals surface area contributed by atoms with E-state index < -0.39 is 10.0 Å². The van der Waals surface area contributed by atoms with Crippen LogP contribution in [0.4, 0.5) is 11.4 Å². The molecule has 0 amide bonds. The fourth-order valence-electron chi connectivity index (χ4n) is 3.49. The third kappa shape index (κ3) is 2.98. The van der Waals surface area contributed by atoms with Gasteiger partial charge in [0.2, 0.25) is 0 Å². The van der Waals surface area contributed by atoms with Crippen LogP contribution in [0.25, 0.3) is 5.69 Å². The molecule has 6 nitrogen and oxygen atoms in total. The van der Waals surface area contributed by atoms with Crippen molar-refractivity contribution >= 4 is 21.4 Å². The lowest BCUT2D eigenvalue weighted by molar-refractivity contribution is 0.590. The fourth-order valence-corrected chi connectivity index (χ4v) is 5.28. The predicted octanol–water partition coefficient (Wildman–Crippen LogP) is 3.42. The second-order valence-electron chi connectivity index (χ2n) is 6.85. The van der Waals surface area contributed by atoms with Gasteiger partial charge in [0.25, 0.3) is 10.0 Å². The van der Waals surface area contributed by atoms with Crippen molar-refractivity contribution in [3.05, 3.63) is 65.7 Å². The third-order valence-corrected chi connectivity index (χ3v) is 6.81. The SMILES string of the molecule is Cc1cn(-c2ccc(C)c(S(=O)(=O)N3CCNc4cccc(C)c43)c2)cn1. The molecule has 1 aliphatic rings. The van der Waals surface area contributed by atoms with E-state index in [1.54, 1.807) is 12.4 Å². The van der Waals surface area contributed by atoms with Crippen molar-refractivity contribution in [1.29, 1.82) is 0 Å².